The average molecular weight is 406 g/mol. The van der Waals surface area contributed by atoms with Crippen LogP contribution in [0.15, 0.2) is 53.8 Å². The van der Waals surface area contributed by atoms with E-state index < -0.39 is 0 Å². The number of rotatable bonds is 3. The van der Waals surface area contributed by atoms with Gasteiger partial charge in [0, 0.05) is 29.3 Å². The Morgan fingerprint density at radius 1 is 1.24 bits per heavy atom. The maximum Gasteiger partial charge on any atom is 0.256 e. The number of benzene rings is 2. The van der Waals surface area contributed by atoms with Crippen LogP contribution in [-0.4, -0.2) is 29.4 Å². The van der Waals surface area contributed by atoms with E-state index in [4.69, 9.17) is 4.74 Å². The van der Waals surface area contributed by atoms with Crippen molar-refractivity contribution in [1.82, 2.24) is 9.88 Å². The largest absolute Gasteiger partial charge is 0.373 e. The topological polar surface area (TPSA) is 62.4 Å². The van der Waals surface area contributed by atoms with Crippen molar-refractivity contribution in [1.29, 1.82) is 0 Å². The van der Waals surface area contributed by atoms with Crippen molar-refractivity contribution in [2.24, 2.45) is 0 Å². The van der Waals surface area contributed by atoms with E-state index in [2.05, 4.69) is 20.8 Å². The summed E-state index contributed by atoms with van der Waals surface area (Å²) < 4.78 is 5.72. The summed E-state index contributed by atoms with van der Waals surface area (Å²) in [5.41, 5.74) is 3.76. The van der Waals surface area contributed by atoms with Crippen LogP contribution in [0.5, 0.6) is 0 Å². The van der Waals surface area contributed by atoms with Crippen LogP contribution in [0.1, 0.15) is 28.4 Å². The summed E-state index contributed by atoms with van der Waals surface area (Å²) in [5, 5.41) is 2.51. The summed E-state index contributed by atoms with van der Waals surface area (Å²) in [6.07, 6.45) is 0. The van der Waals surface area contributed by atoms with Gasteiger partial charge in [0.1, 0.15) is 0 Å². The van der Waals surface area contributed by atoms with E-state index in [1.807, 2.05) is 49.4 Å². The molecule has 6 heteroatoms. The third kappa shape index (κ3) is 3.41. The molecule has 1 aliphatic rings. The van der Waals surface area contributed by atoms with E-state index in [0.29, 0.717) is 24.2 Å². The van der Waals surface area contributed by atoms with E-state index in [-0.39, 0.29) is 17.5 Å². The molecular weight excluding hydrogens is 383 g/mol. The zero-order chi connectivity index (χ0) is 20.7. The molecule has 0 aliphatic carbocycles. The van der Waals surface area contributed by atoms with E-state index in [1.54, 1.807) is 11.9 Å². The van der Waals surface area contributed by atoms with Crippen molar-refractivity contribution in [3.8, 4) is 0 Å². The maximum atomic E-state index is 13.2. The minimum atomic E-state index is -0.321. The lowest BCUT2D eigenvalue weighted by molar-refractivity contribution is -0.127. The van der Waals surface area contributed by atoms with Gasteiger partial charge in [0.2, 0.25) is 0 Å². The van der Waals surface area contributed by atoms with E-state index in [9.17, 15) is 9.59 Å². The van der Waals surface area contributed by atoms with Crippen molar-refractivity contribution in [2.75, 3.05) is 13.7 Å². The maximum absolute atomic E-state index is 13.2. The van der Waals surface area contributed by atoms with Crippen LogP contribution in [0.25, 0.3) is 16.3 Å². The van der Waals surface area contributed by atoms with Crippen LogP contribution >= 0.6 is 9.24 Å². The van der Waals surface area contributed by atoms with Crippen LogP contribution in [0.3, 0.4) is 0 Å². The Morgan fingerprint density at radius 2 is 1.97 bits per heavy atom. The van der Waals surface area contributed by atoms with Gasteiger partial charge >= 0.3 is 0 Å². The molecule has 0 bridgehead atoms. The van der Waals surface area contributed by atoms with Crippen molar-refractivity contribution >= 4 is 36.8 Å². The van der Waals surface area contributed by atoms with Gasteiger partial charge in [0.25, 0.3) is 11.5 Å². The highest BCUT2D eigenvalue weighted by Crippen LogP contribution is 2.34. The number of H-pyrrole nitrogens is 1. The molecule has 0 radical (unpaired) electrons. The predicted octanol–water partition coefficient (Wildman–Crippen LogP) is 3.08. The Balaban J connectivity index is 1.81. The summed E-state index contributed by atoms with van der Waals surface area (Å²) in [5.74, 6) is -0.171. The molecule has 2 heterocycles. The summed E-state index contributed by atoms with van der Waals surface area (Å²) >= 11 is 0. The van der Waals surface area contributed by atoms with Crippen molar-refractivity contribution in [3.05, 3.63) is 81.8 Å². The lowest BCUT2D eigenvalue weighted by atomic mass is 9.94. The number of carbonyl (C=O) groups is 1. The Bertz CT molecular complexity index is 1180. The molecule has 2 atom stereocenters. The van der Waals surface area contributed by atoms with Gasteiger partial charge in [-0.15, -0.1) is 9.24 Å². The van der Waals surface area contributed by atoms with Gasteiger partial charge in [-0.3, -0.25) is 9.59 Å². The lowest BCUT2D eigenvalue weighted by Gasteiger charge is -2.34. The van der Waals surface area contributed by atoms with Gasteiger partial charge in [-0.25, -0.2) is 0 Å². The fourth-order valence-corrected chi connectivity index (χ4v) is 4.09. The molecule has 1 aliphatic heterocycles. The zero-order valence-electron chi connectivity index (χ0n) is 16.5. The zero-order valence-corrected chi connectivity index (χ0v) is 17.6. The molecule has 1 N–H and O–H groups in total. The molecule has 5 nitrogen and oxygen atoms in total. The van der Waals surface area contributed by atoms with E-state index in [1.165, 1.54) is 0 Å². The first kappa shape index (κ1) is 19.6. The molecule has 148 valence electrons. The van der Waals surface area contributed by atoms with Gasteiger partial charge in [0.05, 0.1) is 19.3 Å². The molecule has 3 aromatic rings. The number of pyridine rings is 1. The minimum Gasteiger partial charge on any atom is -0.373 e. The first-order valence-electron chi connectivity index (χ1n) is 9.42. The van der Waals surface area contributed by atoms with Crippen LogP contribution < -0.4 is 10.9 Å². The molecule has 4 rings (SSSR count). The number of ether oxygens (including phenoxy) is 1. The van der Waals surface area contributed by atoms with Crippen molar-refractivity contribution in [2.45, 2.75) is 19.6 Å². The van der Waals surface area contributed by atoms with Crippen LogP contribution in [0.4, 0.5) is 0 Å². The number of fused-ring (bicyclic) bond motifs is 3. The van der Waals surface area contributed by atoms with Crippen LogP contribution in [-0.2, 0) is 16.1 Å². The smallest absolute Gasteiger partial charge is 0.256 e. The van der Waals surface area contributed by atoms with E-state index in [0.717, 1.165) is 33.1 Å². The summed E-state index contributed by atoms with van der Waals surface area (Å²) in [4.78, 5) is 30.4. The first-order valence-corrected chi connectivity index (χ1v) is 10.0. The molecule has 1 amide bonds. The molecule has 0 spiro atoms. The van der Waals surface area contributed by atoms with Crippen molar-refractivity contribution < 1.29 is 9.53 Å². The molecule has 2 unspecified atom stereocenters. The predicted molar refractivity (Wildman–Crippen MR) is 119 cm³/mol. The average Bonchev–Trinajstić information content (AvgIpc) is 2.73. The van der Waals surface area contributed by atoms with Gasteiger partial charge < -0.3 is 14.6 Å². The third-order valence-electron chi connectivity index (χ3n) is 5.55. The highest BCUT2D eigenvalue weighted by atomic mass is 31.0. The minimum absolute atomic E-state index is 0.140. The van der Waals surface area contributed by atoms with Gasteiger partial charge in [-0.1, -0.05) is 36.9 Å². The Hall–Kier alpha value is -2.75. The number of nitrogens with one attached hydrogen (secondary N) is 1. The molecule has 1 aromatic heterocycles. The molecule has 0 fully saturated rings. The van der Waals surface area contributed by atoms with E-state index >= 15 is 0 Å². The molecule has 0 saturated heterocycles. The second-order valence-corrected chi connectivity index (χ2v) is 8.01. The normalized spacial score (nSPS) is 15.8. The number of hydrogen-bond acceptors (Lipinski definition) is 3. The number of hydrogen-bond donors (Lipinski definition) is 1. The van der Waals surface area contributed by atoms with Crippen LogP contribution in [0.2, 0.25) is 0 Å². The number of nitrogens with zero attached hydrogens (tertiary/aromatic N) is 1. The second kappa shape index (κ2) is 7.58. The van der Waals surface area contributed by atoms with Gasteiger partial charge in [0.15, 0.2) is 0 Å². The number of aromatic nitrogens is 1. The Labute approximate surface area is 171 Å². The van der Waals surface area contributed by atoms with Crippen molar-refractivity contribution in [3.63, 3.8) is 0 Å². The monoisotopic (exact) mass is 406 g/mol. The SMILES string of the molecule is C=C(C(=O)N(C)C1COCc2[nH]c(=O)c3cc(C)c(P)cc3c21)c1ccccc1. The lowest BCUT2D eigenvalue weighted by Crippen LogP contribution is -2.38. The molecule has 0 saturated carbocycles. The fourth-order valence-electron chi connectivity index (χ4n) is 3.84. The number of carbonyl (C=O) groups excluding carboxylic acids is 1. The number of amides is 1. The number of aryl methyl sites for hydroxylation is 1. The highest BCUT2D eigenvalue weighted by molar-refractivity contribution is 7.27. The molecule has 2 aromatic carbocycles. The summed E-state index contributed by atoms with van der Waals surface area (Å²) in [6.45, 7) is 6.66. The summed E-state index contributed by atoms with van der Waals surface area (Å²) in [6, 6.07) is 13.0. The molecule has 29 heavy (non-hydrogen) atoms. The van der Waals surface area contributed by atoms with Crippen LogP contribution in [0, 0.1) is 6.92 Å². The first-order chi connectivity index (χ1) is 13.9. The summed E-state index contributed by atoms with van der Waals surface area (Å²) in [7, 11) is 4.47. The fraction of sp³-hybridized carbons (Fsp3) is 0.217. The number of aromatic amines is 1. The standard InChI is InChI=1S/C23H23N2O3P/c1-13-9-17-16(10-20(13)29)21-18(24-22(17)26)11-28-12-19(21)25(3)23(27)14(2)15-7-5-4-6-8-15/h4-10,19H,2,11-12,29H2,1,3H3,(H,24,26). The molecular formula is C23H23N2O3P. The third-order valence-corrected chi connectivity index (χ3v) is 6.18. The van der Waals surface area contributed by atoms with Gasteiger partial charge in [-0.2, -0.15) is 0 Å². The Kier molecular flexibility index (Phi) is 5.12. The van der Waals surface area contributed by atoms with Gasteiger partial charge in [-0.05, 0) is 40.9 Å². The number of likely N-dealkylation sites (N-methyl/N-ethyl adjacent to an activating group) is 1. The highest BCUT2D eigenvalue weighted by Gasteiger charge is 2.31. The quantitative estimate of drug-likeness (QED) is 0.537. The Morgan fingerprint density at radius 3 is 2.69 bits per heavy atom. The second-order valence-electron chi connectivity index (χ2n) is 7.39.